The number of para-hydroxylation sites is 2. The highest BCUT2D eigenvalue weighted by molar-refractivity contribution is 6.02. The molecule has 1 N–H and O–H groups in total. The van der Waals surface area contributed by atoms with Crippen molar-refractivity contribution in [3.05, 3.63) is 59.7 Å². The van der Waals surface area contributed by atoms with Crippen LogP contribution >= 0.6 is 0 Å². The molecule has 0 aromatic heterocycles. The molecule has 146 valence electrons. The summed E-state index contributed by atoms with van der Waals surface area (Å²) in [4.78, 5) is 7.70. The summed E-state index contributed by atoms with van der Waals surface area (Å²) >= 11 is 0. The lowest BCUT2D eigenvalue weighted by molar-refractivity contribution is 0.0448. The number of nitrogens with one attached hydrogen (secondary N) is 1. The van der Waals surface area contributed by atoms with Crippen molar-refractivity contribution in [2.24, 2.45) is 10.4 Å². The highest BCUT2D eigenvalue weighted by Gasteiger charge is 2.41. The molecule has 0 aliphatic carbocycles. The lowest BCUT2D eigenvalue weighted by Crippen LogP contribution is -2.45. The molecule has 0 bridgehead atoms. The molecule has 5 rings (SSSR count). The predicted molar refractivity (Wildman–Crippen MR) is 115 cm³/mol. The van der Waals surface area contributed by atoms with Crippen molar-refractivity contribution in [3.8, 4) is 0 Å². The van der Waals surface area contributed by atoms with Gasteiger partial charge in [0, 0.05) is 43.1 Å². The maximum Gasteiger partial charge on any atom is 0.108 e. The first kappa shape index (κ1) is 17.7. The van der Waals surface area contributed by atoms with Gasteiger partial charge in [0.2, 0.25) is 0 Å². The van der Waals surface area contributed by atoms with E-state index in [1.165, 1.54) is 48.4 Å². The summed E-state index contributed by atoms with van der Waals surface area (Å²) in [6, 6.07) is 17.5. The molecule has 2 aromatic rings. The van der Waals surface area contributed by atoms with Crippen LogP contribution in [0.1, 0.15) is 36.8 Å². The Morgan fingerprint density at radius 2 is 1.71 bits per heavy atom. The second-order valence-corrected chi connectivity index (χ2v) is 8.34. The van der Waals surface area contributed by atoms with Gasteiger partial charge >= 0.3 is 0 Å². The summed E-state index contributed by atoms with van der Waals surface area (Å²) in [5.74, 6) is 1.16. The van der Waals surface area contributed by atoms with Crippen molar-refractivity contribution in [2.75, 3.05) is 36.5 Å². The fraction of sp³-hybridized carbons (Fsp3) is 0.458. The van der Waals surface area contributed by atoms with Gasteiger partial charge in [-0.05, 0) is 55.4 Å². The van der Waals surface area contributed by atoms with E-state index in [1.807, 2.05) is 0 Å². The molecule has 3 heterocycles. The Bertz CT molecular complexity index is 864. The highest BCUT2D eigenvalue weighted by Crippen LogP contribution is 2.42. The van der Waals surface area contributed by atoms with E-state index in [-0.39, 0.29) is 5.41 Å². The number of benzene rings is 2. The summed E-state index contributed by atoms with van der Waals surface area (Å²) in [6.07, 6.45) is 5.74. The summed E-state index contributed by atoms with van der Waals surface area (Å²) < 4.78 is 5.69. The summed E-state index contributed by atoms with van der Waals surface area (Å²) in [6.45, 7) is 4.72. The molecule has 0 saturated carbocycles. The predicted octanol–water partition coefficient (Wildman–Crippen LogP) is 4.65. The first-order valence-corrected chi connectivity index (χ1v) is 10.6. The molecule has 4 nitrogen and oxygen atoms in total. The van der Waals surface area contributed by atoms with E-state index < -0.39 is 0 Å². The molecule has 0 amide bonds. The van der Waals surface area contributed by atoms with Gasteiger partial charge in [-0.15, -0.1) is 0 Å². The van der Waals surface area contributed by atoms with Gasteiger partial charge in [-0.1, -0.05) is 36.4 Å². The molecule has 0 unspecified atom stereocenters. The van der Waals surface area contributed by atoms with E-state index in [0.29, 0.717) is 0 Å². The van der Waals surface area contributed by atoms with Crippen LogP contribution in [0.4, 0.5) is 11.4 Å². The third kappa shape index (κ3) is 3.30. The third-order valence-corrected chi connectivity index (χ3v) is 6.60. The largest absolute Gasteiger partial charge is 0.381 e. The van der Waals surface area contributed by atoms with Crippen LogP contribution in [0, 0.1) is 5.41 Å². The van der Waals surface area contributed by atoms with E-state index >= 15 is 0 Å². The fourth-order valence-electron chi connectivity index (χ4n) is 4.96. The molecule has 3 aliphatic rings. The van der Waals surface area contributed by atoms with Crippen LogP contribution in [0.2, 0.25) is 0 Å². The van der Waals surface area contributed by atoms with Crippen LogP contribution in [0.25, 0.3) is 0 Å². The zero-order valence-electron chi connectivity index (χ0n) is 16.5. The van der Waals surface area contributed by atoms with Crippen LogP contribution in [0.3, 0.4) is 0 Å². The lowest BCUT2D eigenvalue weighted by atomic mass is 9.71. The maximum atomic E-state index is 5.69. The Labute approximate surface area is 167 Å². The van der Waals surface area contributed by atoms with Crippen molar-refractivity contribution < 1.29 is 4.74 Å². The van der Waals surface area contributed by atoms with Gasteiger partial charge in [-0.25, -0.2) is 0 Å². The molecule has 2 aromatic carbocycles. The van der Waals surface area contributed by atoms with Gasteiger partial charge in [-0.2, -0.15) is 0 Å². The zero-order valence-corrected chi connectivity index (χ0v) is 16.5. The number of nitrogens with zero attached hydrogens (tertiary/aromatic N) is 2. The van der Waals surface area contributed by atoms with Crippen LogP contribution in [0.5, 0.6) is 0 Å². The molecule has 0 radical (unpaired) electrons. The third-order valence-electron chi connectivity index (χ3n) is 6.60. The summed E-state index contributed by atoms with van der Waals surface area (Å²) in [5.41, 5.74) is 5.41. The SMILES string of the molecule is c1ccc2c(c1)CC1(CCOCC1)C(=NCc1ccccc1N1CCCC1)N2. The molecular weight excluding hydrogens is 346 g/mol. The quantitative estimate of drug-likeness (QED) is 0.848. The average molecular weight is 376 g/mol. The number of fused-ring (bicyclic) bond motifs is 1. The van der Waals surface area contributed by atoms with E-state index in [1.54, 1.807) is 0 Å². The van der Waals surface area contributed by atoms with E-state index in [4.69, 9.17) is 9.73 Å². The standard InChI is InChI=1S/C24H29N3O/c1-3-9-21-19(7-1)17-24(11-15-28-16-12-24)23(26-21)25-18-20-8-2-4-10-22(20)27-13-5-6-14-27/h1-4,7-10H,5-6,11-18H2,(H,25,26). The smallest absolute Gasteiger partial charge is 0.108 e. The Morgan fingerprint density at radius 3 is 2.57 bits per heavy atom. The summed E-state index contributed by atoms with van der Waals surface area (Å²) in [7, 11) is 0. The minimum Gasteiger partial charge on any atom is -0.381 e. The van der Waals surface area contributed by atoms with Gasteiger partial charge in [-0.3, -0.25) is 4.99 Å². The van der Waals surface area contributed by atoms with Gasteiger partial charge in [0.25, 0.3) is 0 Å². The number of rotatable bonds is 3. The Kier molecular flexibility index (Phi) is 4.81. The molecular formula is C24H29N3O. The lowest BCUT2D eigenvalue weighted by Gasteiger charge is -2.42. The molecule has 28 heavy (non-hydrogen) atoms. The van der Waals surface area contributed by atoms with Crippen molar-refractivity contribution in [1.29, 1.82) is 0 Å². The number of amidine groups is 1. The van der Waals surface area contributed by atoms with Gasteiger partial charge in [0.1, 0.15) is 5.84 Å². The number of hydrogen-bond donors (Lipinski definition) is 1. The molecule has 0 atom stereocenters. The first-order chi connectivity index (χ1) is 13.8. The van der Waals surface area contributed by atoms with Crippen LogP contribution in [-0.4, -0.2) is 32.1 Å². The van der Waals surface area contributed by atoms with E-state index in [9.17, 15) is 0 Å². The molecule has 1 spiro atoms. The van der Waals surface area contributed by atoms with Crippen LogP contribution < -0.4 is 10.2 Å². The van der Waals surface area contributed by atoms with Gasteiger partial charge < -0.3 is 15.0 Å². The normalized spacial score (nSPS) is 22.3. The van der Waals surface area contributed by atoms with Crippen LogP contribution in [0.15, 0.2) is 53.5 Å². The Hall–Kier alpha value is -2.33. The number of aliphatic imine (C=N–C) groups is 1. The Morgan fingerprint density at radius 1 is 0.964 bits per heavy atom. The topological polar surface area (TPSA) is 36.9 Å². The second kappa shape index (κ2) is 7.59. The van der Waals surface area contributed by atoms with E-state index in [2.05, 4.69) is 58.7 Å². The van der Waals surface area contributed by atoms with Crippen molar-refractivity contribution in [3.63, 3.8) is 0 Å². The van der Waals surface area contributed by atoms with Crippen LogP contribution in [-0.2, 0) is 17.7 Å². The van der Waals surface area contributed by atoms with Gasteiger partial charge in [0.05, 0.1) is 6.54 Å². The van der Waals surface area contributed by atoms with Gasteiger partial charge in [0.15, 0.2) is 0 Å². The fourth-order valence-corrected chi connectivity index (χ4v) is 4.96. The first-order valence-electron chi connectivity index (χ1n) is 10.6. The number of anilines is 2. The second-order valence-electron chi connectivity index (χ2n) is 8.34. The minimum absolute atomic E-state index is 0.0925. The number of hydrogen-bond acceptors (Lipinski definition) is 3. The monoisotopic (exact) mass is 375 g/mol. The van der Waals surface area contributed by atoms with Crippen molar-refractivity contribution in [1.82, 2.24) is 0 Å². The Balaban J connectivity index is 1.46. The summed E-state index contributed by atoms with van der Waals surface area (Å²) in [5, 5.41) is 3.70. The van der Waals surface area contributed by atoms with E-state index in [0.717, 1.165) is 44.9 Å². The number of ether oxygens (including phenoxy) is 1. The molecule has 3 aliphatic heterocycles. The maximum absolute atomic E-state index is 5.69. The minimum atomic E-state index is 0.0925. The van der Waals surface area contributed by atoms with Crippen molar-refractivity contribution >= 4 is 17.2 Å². The molecule has 2 fully saturated rings. The zero-order chi connectivity index (χ0) is 18.8. The molecule has 2 saturated heterocycles. The van der Waals surface area contributed by atoms with Crippen molar-refractivity contribution in [2.45, 2.75) is 38.6 Å². The highest BCUT2D eigenvalue weighted by atomic mass is 16.5. The average Bonchev–Trinajstić information content (AvgIpc) is 3.28. The molecule has 4 heteroatoms.